The van der Waals surface area contributed by atoms with E-state index >= 15 is 0 Å². The van der Waals surface area contributed by atoms with Gasteiger partial charge in [-0.1, -0.05) is 30.3 Å². The van der Waals surface area contributed by atoms with E-state index in [1.54, 1.807) is 9.36 Å². The molecule has 0 aliphatic heterocycles. The van der Waals surface area contributed by atoms with Gasteiger partial charge in [0.1, 0.15) is 0 Å². The van der Waals surface area contributed by atoms with E-state index in [0.717, 1.165) is 28.2 Å². The highest BCUT2D eigenvalue weighted by Gasteiger charge is 2.15. The van der Waals surface area contributed by atoms with Crippen molar-refractivity contribution in [3.63, 3.8) is 0 Å². The average molecular weight is 268 g/mol. The number of nitrogens with zero attached hydrogens (tertiary/aromatic N) is 4. The van der Waals surface area contributed by atoms with Crippen LogP contribution in [0.4, 0.5) is 0 Å². The van der Waals surface area contributed by atoms with Gasteiger partial charge in [-0.2, -0.15) is 10.2 Å². The van der Waals surface area contributed by atoms with E-state index in [4.69, 9.17) is 0 Å². The Labute approximate surface area is 117 Å². The molecule has 0 atom stereocenters. The highest BCUT2D eigenvalue weighted by Crippen LogP contribution is 2.22. The third-order valence-electron chi connectivity index (χ3n) is 3.38. The molecule has 0 bridgehead atoms. The van der Waals surface area contributed by atoms with E-state index < -0.39 is 0 Å². The SMILES string of the molecule is Cc1nn(C)c(-n2cc(-c3ccccc3)cn2)c1CO. The number of aryl methyl sites for hydroxylation is 2. The van der Waals surface area contributed by atoms with Crippen LogP contribution in [-0.2, 0) is 13.7 Å². The second kappa shape index (κ2) is 4.94. The van der Waals surface area contributed by atoms with E-state index in [1.807, 2.05) is 56.7 Å². The topological polar surface area (TPSA) is 55.9 Å². The molecular formula is C15H16N4O. The lowest BCUT2D eigenvalue weighted by Crippen LogP contribution is -2.05. The Kier molecular flexibility index (Phi) is 3.12. The van der Waals surface area contributed by atoms with Crippen LogP contribution >= 0.6 is 0 Å². The monoisotopic (exact) mass is 268 g/mol. The van der Waals surface area contributed by atoms with Gasteiger partial charge in [0.25, 0.3) is 0 Å². The summed E-state index contributed by atoms with van der Waals surface area (Å²) in [6.45, 7) is 1.84. The minimum absolute atomic E-state index is 0.0461. The van der Waals surface area contributed by atoms with Crippen LogP contribution in [0.25, 0.3) is 16.9 Å². The zero-order valence-electron chi connectivity index (χ0n) is 11.5. The van der Waals surface area contributed by atoms with Crippen LogP contribution in [-0.4, -0.2) is 24.7 Å². The first-order valence-electron chi connectivity index (χ1n) is 6.44. The standard InChI is InChI=1S/C15H16N4O/c1-11-14(10-20)15(18(2)17-11)19-9-13(8-16-19)12-6-4-3-5-7-12/h3-9,20H,10H2,1-2H3. The first-order valence-corrected chi connectivity index (χ1v) is 6.44. The lowest BCUT2D eigenvalue weighted by molar-refractivity contribution is 0.280. The maximum absolute atomic E-state index is 9.50. The molecule has 0 spiro atoms. The third-order valence-corrected chi connectivity index (χ3v) is 3.38. The maximum atomic E-state index is 9.50. The fraction of sp³-hybridized carbons (Fsp3) is 0.200. The first-order chi connectivity index (χ1) is 9.70. The predicted octanol–water partition coefficient (Wildman–Crippen LogP) is 2.07. The highest BCUT2D eigenvalue weighted by atomic mass is 16.3. The second-order valence-electron chi connectivity index (χ2n) is 4.71. The molecule has 0 fully saturated rings. The Morgan fingerprint density at radius 2 is 1.90 bits per heavy atom. The van der Waals surface area contributed by atoms with Crippen molar-refractivity contribution in [2.24, 2.45) is 7.05 Å². The van der Waals surface area contributed by atoms with Crippen molar-refractivity contribution in [3.8, 4) is 16.9 Å². The van der Waals surface area contributed by atoms with E-state index in [2.05, 4.69) is 10.2 Å². The summed E-state index contributed by atoms with van der Waals surface area (Å²) in [5.74, 6) is 0.798. The van der Waals surface area contributed by atoms with Crippen LogP contribution < -0.4 is 0 Å². The van der Waals surface area contributed by atoms with Crippen LogP contribution in [0.2, 0.25) is 0 Å². The molecule has 2 heterocycles. The highest BCUT2D eigenvalue weighted by molar-refractivity contribution is 5.62. The van der Waals surface area contributed by atoms with Gasteiger partial charge in [0.15, 0.2) is 5.82 Å². The second-order valence-corrected chi connectivity index (χ2v) is 4.71. The van der Waals surface area contributed by atoms with Crippen LogP contribution in [0.15, 0.2) is 42.7 Å². The minimum atomic E-state index is -0.0461. The number of rotatable bonds is 3. The van der Waals surface area contributed by atoms with Gasteiger partial charge in [0, 0.05) is 24.4 Å². The predicted molar refractivity (Wildman–Crippen MR) is 76.4 cm³/mol. The summed E-state index contributed by atoms with van der Waals surface area (Å²) in [4.78, 5) is 0. The number of aromatic nitrogens is 4. The van der Waals surface area contributed by atoms with E-state index in [1.165, 1.54) is 0 Å². The Morgan fingerprint density at radius 3 is 2.60 bits per heavy atom. The molecule has 0 amide bonds. The molecule has 0 aliphatic carbocycles. The van der Waals surface area contributed by atoms with Crippen LogP contribution in [0.5, 0.6) is 0 Å². The molecule has 102 valence electrons. The number of hydrogen-bond acceptors (Lipinski definition) is 3. The van der Waals surface area contributed by atoms with Crippen LogP contribution in [0.3, 0.4) is 0 Å². The lowest BCUT2D eigenvalue weighted by atomic mass is 10.1. The zero-order valence-corrected chi connectivity index (χ0v) is 11.5. The molecule has 0 unspecified atom stereocenters. The molecule has 3 rings (SSSR count). The van der Waals surface area contributed by atoms with Crippen molar-refractivity contribution in [3.05, 3.63) is 54.0 Å². The molecule has 1 N–H and O–H groups in total. The summed E-state index contributed by atoms with van der Waals surface area (Å²) >= 11 is 0. The Hall–Kier alpha value is -2.40. The van der Waals surface area contributed by atoms with Crippen molar-refractivity contribution >= 4 is 0 Å². The van der Waals surface area contributed by atoms with E-state index in [9.17, 15) is 5.11 Å². The van der Waals surface area contributed by atoms with Crippen molar-refractivity contribution in [2.75, 3.05) is 0 Å². The van der Waals surface area contributed by atoms with Gasteiger partial charge in [-0.05, 0) is 12.5 Å². The molecule has 2 aromatic heterocycles. The summed E-state index contributed by atoms with van der Waals surface area (Å²) in [6, 6.07) is 10.1. The summed E-state index contributed by atoms with van der Waals surface area (Å²) in [6.07, 6.45) is 3.77. The van der Waals surface area contributed by atoms with Crippen molar-refractivity contribution in [2.45, 2.75) is 13.5 Å². The van der Waals surface area contributed by atoms with Crippen LogP contribution in [0, 0.1) is 6.92 Å². The molecule has 0 aliphatic rings. The summed E-state index contributed by atoms with van der Waals surface area (Å²) in [7, 11) is 1.85. The number of benzene rings is 1. The lowest BCUT2D eigenvalue weighted by Gasteiger charge is -2.04. The molecular weight excluding hydrogens is 252 g/mol. The molecule has 3 aromatic rings. The summed E-state index contributed by atoms with van der Waals surface area (Å²) in [5.41, 5.74) is 3.77. The maximum Gasteiger partial charge on any atom is 0.157 e. The summed E-state index contributed by atoms with van der Waals surface area (Å²) < 4.78 is 3.50. The zero-order chi connectivity index (χ0) is 14.1. The van der Waals surface area contributed by atoms with E-state index in [0.29, 0.717) is 0 Å². The van der Waals surface area contributed by atoms with Crippen molar-refractivity contribution in [1.82, 2.24) is 19.6 Å². The molecule has 0 radical (unpaired) electrons. The molecule has 5 nitrogen and oxygen atoms in total. The van der Waals surface area contributed by atoms with Gasteiger partial charge in [0.05, 0.1) is 18.5 Å². The first kappa shape index (κ1) is 12.6. The van der Waals surface area contributed by atoms with Crippen LogP contribution in [0.1, 0.15) is 11.3 Å². The molecule has 20 heavy (non-hydrogen) atoms. The summed E-state index contributed by atoms with van der Waals surface area (Å²) in [5, 5.41) is 18.2. The average Bonchev–Trinajstić information content (AvgIpc) is 3.03. The van der Waals surface area contributed by atoms with Gasteiger partial charge in [-0.15, -0.1) is 0 Å². The van der Waals surface area contributed by atoms with Gasteiger partial charge in [-0.25, -0.2) is 4.68 Å². The minimum Gasteiger partial charge on any atom is -0.391 e. The largest absolute Gasteiger partial charge is 0.391 e. The fourth-order valence-corrected chi connectivity index (χ4v) is 2.38. The van der Waals surface area contributed by atoms with Crippen molar-refractivity contribution in [1.29, 1.82) is 0 Å². The normalized spacial score (nSPS) is 10.9. The Morgan fingerprint density at radius 1 is 1.15 bits per heavy atom. The number of aliphatic hydroxyl groups excluding tert-OH is 1. The van der Waals surface area contributed by atoms with E-state index in [-0.39, 0.29) is 6.61 Å². The van der Waals surface area contributed by atoms with Gasteiger partial charge >= 0.3 is 0 Å². The van der Waals surface area contributed by atoms with Gasteiger partial charge < -0.3 is 5.11 Å². The fourth-order valence-electron chi connectivity index (χ4n) is 2.38. The Bertz CT molecular complexity index is 728. The smallest absolute Gasteiger partial charge is 0.157 e. The molecule has 1 aromatic carbocycles. The number of aliphatic hydroxyl groups is 1. The number of hydrogen-bond donors (Lipinski definition) is 1. The molecule has 0 saturated carbocycles. The third kappa shape index (κ3) is 2.02. The van der Waals surface area contributed by atoms with Crippen molar-refractivity contribution < 1.29 is 5.11 Å². The van der Waals surface area contributed by atoms with Gasteiger partial charge in [-0.3, -0.25) is 4.68 Å². The quantitative estimate of drug-likeness (QED) is 0.791. The Balaban J connectivity index is 2.07. The molecule has 0 saturated heterocycles. The van der Waals surface area contributed by atoms with Gasteiger partial charge in [0.2, 0.25) is 0 Å². The molecule has 5 heteroatoms.